The maximum absolute atomic E-state index is 12.6. The third kappa shape index (κ3) is 3.04. The van der Waals surface area contributed by atoms with Gasteiger partial charge in [0.15, 0.2) is 0 Å². The van der Waals surface area contributed by atoms with Gasteiger partial charge in [0.05, 0.1) is 10.6 Å². The van der Waals surface area contributed by atoms with E-state index in [9.17, 15) is 4.79 Å². The zero-order valence-corrected chi connectivity index (χ0v) is 12.8. The number of likely N-dealkylation sites (tertiary alicyclic amines) is 1. The van der Waals surface area contributed by atoms with Crippen LogP contribution in [-0.2, 0) is 0 Å². The molecule has 2 heterocycles. The lowest BCUT2D eigenvalue weighted by Gasteiger charge is -2.17. The molecule has 1 saturated heterocycles. The Bertz CT molecular complexity index is 661. The van der Waals surface area contributed by atoms with E-state index in [1.807, 2.05) is 23.1 Å². The Morgan fingerprint density at radius 3 is 2.86 bits per heavy atom. The fourth-order valence-electron chi connectivity index (χ4n) is 2.64. The molecule has 1 amide bonds. The van der Waals surface area contributed by atoms with E-state index < -0.39 is 0 Å². The summed E-state index contributed by atoms with van der Waals surface area (Å²) in [7, 11) is 0. The van der Waals surface area contributed by atoms with Gasteiger partial charge in [0, 0.05) is 35.9 Å². The molecule has 0 radical (unpaired) electrons. The smallest absolute Gasteiger partial charge is 0.255 e. The molecule has 0 spiro atoms. The van der Waals surface area contributed by atoms with E-state index in [2.05, 4.69) is 4.98 Å². The van der Waals surface area contributed by atoms with Gasteiger partial charge in [-0.3, -0.25) is 9.78 Å². The van der Waals surface area contributed by atoms with Gasteiger partial charge < -0.3 is 4.90 Å². The van der Waals surface area contributed by atoms with Gasteiger partial charge >= 0.3 is 0 Å². The molecule has 0 N–H and O–H groups in total. The molecule has 3 nitrogen and oxygen atoms in total. The van der Waals surface area contributed by atoms with Crippen LogP contribution in [0, 0.1) is 0 Å². The fourth-order valence-corrected chi connectivity index (χ4v) is 3.01. The summed E-state index contributed by atoms with van der Waals surface area (Å²) in [6.07, 6.45) is 2.70. The highest BCUT2D eigenvalue weighted by Gasteiger charge is 2.29. The third-order valence-electron chi connectivity index (χ3n) is 3.74. The van der Waals surface area contributed by atoms with Crippen molar-refractivity contribution < 1.29 is 4.79 Å². The molecule has 0 bridgehead atoms. The van der Waals surface area contributed by atoms with E-state index in [0.717, 1.165) is 12.1 Å². The predicted molar refractivity (Wildman–Crippen MR) is 84.0 cm³/mol. The number of benzene rings is 1. The Hall–Kier alpha value is -1.58. The maximum Gasteiger partial charge on any atom is 0.255 e. The molecular formula is C16H14Cl2N2O. The highest BCUT2D eigenvalue weighted by atomic mass is 35.5. The first-order valence-electron chi connectivity index (χ1n) is 6.80. The van der Waals surface area contributed by atoms with Crippen LogP contribution in [0.4, 0.5) is 0 Å². The van der Waals surface area contributed by atoms with E-state index in [4.69, 9.17) is 23.2 Å². The Labute approximate surface area is 133 Å². The van der Waals surface area contributed by atoms with Crippen LogP contribution in [0.2, 0.25) is 10.0 Å². The number of pyridine rings is 1. The normalized spacial score (nSPS) is 18.0. The van der Waals surface area contributed by atoms with Gasteiger partial charge in [-0.1, -0.05) is 29.3 Å². The van der Waals surface area contributed by atoms with Gasteiger partial charge in [0.25, 0.3) is 5.91 Å². The topological polar surface area (TPSA) is 33.2 Å². The zero-order chi connectivity index (χ0) is 14.8. The molecule has 0 aliphatic carbocycles. The molecule has 1 aliphatic heterocycles. The van der Waals surface area contributed by atoms with Gasteiger partial charge in [-0.25, -0.2) is 0 Å². The summed E-state index contributed by atoms with van der Waals surface area (Å²) >= 11 is 12.1. The molecule has 21 heavy (non-hydrogen) atoms. The summed E-state index contributed by atoms with van der Waals surface area (Å²) in [6.45, 7) is 1.38. The lowest BCUT2D eigenvalue weighted by atomic mass is 10.0. The number of nitrogens with zero attached hydrogens (tertiary/aromatic N) is 2. The summed E-state index contributed by atoms with van der Waals surface area (Å²) < 4.78 is 0. The monoisotopic (exact) mass is 320 g/mol. The molecule has 1 aromatic carbocycles. The average Bonchev–Trinajstić information content (AvgIpc) is 3.00. The second kappa shape index (κ2) is 6.04. The number of halogens is 2. The van der Waals surface area contributed by atoms with E-state index >= 15 is 0 Å². The first-order valence-corrected chi connectivity index (χ1v) is 7.56. The van der Waals surface area contributed by atoms with E-state index in [0.29, 0.717) is 28.7 Å². The number of amides is 1. The first kappa shape index (κ1) is 14.4. The second-order valence-electron chi connectivity index (χ2n) is 5.12. The quantitative estimate of drug-likeness (QED) is 0.837. The van der Waals surface area contributed by atoms with Crippen molar-refractivity contribution in [3.63, 3.8) is 0 Å². The molecule has 1 fully saturated rings. The Morgan fingerprint density at radius 1 is 1.24 bits per heavy atom. The summed E-state index contributed by atoms with van der Waals surface area (Å²) in [5.41, 5.74) is 1.50. The highest BCUT2D eigenvalue weighted by molar-refractivity contribution is 6.35. The standard InChI is InChI=1S/C16H14Cl2N2O/c17-12-4-5-14(18)13(9-12)16(21)20-8-6-11(10-20)15-3-1-2-7-19-15/h1-5,7,9,11H,6,8,10H2. The van der Waals surface area contributed by atoms with Gasteiger partial charge in [0.1, 0.15) is 0 Å². The van der Waals surface area contributed by atoms with E-state index in [1.165, 1.54) is 0 Å². The Morgan fingerprint density at radius 2 is 2.10 bits per heavy atom. The van der Waals surface area contributed by atoms with Crippen LogP contribution in [0.3, 0.4) is 0 Å². The van der Waals surface area contributed by atoms with Crippen molar-refractivity contribution in [1.29, 1.82) is 0 Å². The van der Waals surface area contributed by atoms with Gasteiger partial charge in [-0.15, -0.1) is 0 Å². The molecule has 3 rings (SSSR count). The highest BCUT2D eigenvalue weighted by Crippen LogP contribution is 2.29. The number of carbonyl (C=O) groups is 1. The van der Waals surface area contributed by atoms with Crippen molar-refractivity contribution in [1.82, 2.24) is 9.88 Å². The van der Waals surface area contributed by atoms with E-state index in [1.54, 1.807) is 24.4 Å². The number of carbonyl (C=O) groups excluding carboxylic acids is 1. The molecule has 5 heteroatoms. The summed E-state index contributed by atoms with van der Waals surface area (Å²) in [4.78, 5) is 18.7. The number of hydrogen-bond donors (Lipinski definition) is 0. The molecule has 108 valence electrons. The molecule has 1 atom stereocenters. The second-order valence-corrected chi connectivity index (χ2v) is 5.96. The number of aromatic nitrogens is 1. The fraction of sp³-hybridized carbons (Fsp3) is 0.250. The van der Waals surface area contributed by atoms with Crippen LogP contribution in [0.15, 0.2) is 42.6 Å². The van der Waals surface area contributed by atoms with Crippen molar-refractivity contribution in [2.24, 2.45) is 0 Å². The summed E-state index contributed by atoms with van der Waals surface area (Å²) in [6, 6.07) is 10.8. The molecule has 1 aromatic heterocycles. The lowest BCUT2D eigenvalue weighted by molar-refractivity contribution is 0.0791. The molecule has 1 unspecified atom stereocenters. The molecule has 2 aromatic rings. The largest absolute Gasteiger partial charge is 0.338 e. The van der Waals surface area contributed by atoms with Crippen LogP contribution in [-0.4, -0.2) is 28.9 Å². The van der Waals surface area contributed by atoms with Gasteiger partial charge in [0.2, 0.25) is 0 Å². The minimum Gasteiger partial charge on any atom is -0.338 e. The van der Waals surface area contributed by atoms with Gasteiger partial charge in [-0.05, 0) is 36.8 Å². The summed E-state index contributed by atoms with van der Waals surface area (Å²) in [5, 5.41) is 0.953. The van der Waals surface area contributed by atoms with Crippen LogP contribution in [0.5, 0.6) is 0 Å². The van der Waals surface area contributed by atoms with Crippen LogP contribution >= 0.6 is 23.2 Å². The predicted octanol–water partition coefficient (Wildman–Crippen LogP) is 4.02. The molecule has 1 aliphatic rings. The lowest BCUT2D eigenvalue weighted by Crippen LogP contribution is -2.28. The first-order chi connectivity index (χ1) is 10.1. The third-order valence-corrected chi connectivity index (χ3v) is 4.31. The van der Waals surface area contributed by atoms with Crippen molar-refractivity contribution in [3.8, 4) is 0 Å². The number of hydrogen-bond acceptors (Lipinski definition) is 2. The minimum atomic E-state index is -0.0686. The van der Waals surface area contributed by atoms with E-state index in [-0.39, 0.29) is 11.8 Å². The molecule has 0 saturated carbocycles. The number of rotatable bonds is 2. The summed E-state index contributed by atoms with van der Waals surface area (Å²) in [5.74, 6) is 0.217. The Kier molecular flexibility index (Phi) is 4.13. The Balaban J connectivity index is 1.77. The van der Waals surface area contributed by atoms with Gasteiger partial charge in [-0.2, -0.15) is 0 Å². The van der Waals surface area contributed by atoms with Crippen LogP contribution < -0.4 is 0 Å². The van der Waals surface area contributed by atoms with Crippen LogP contribution in [0.25, 0.3) is 0 Å². The van der Waals surface area contributed by atoms with Crippen molar-refractivity contribution >= 4 is 29.1 Å². The SMILES string of the molecule is O=C(c1cc(Cl)ccc1Cl)N1CCC(c2ccccn2)C1. The molecular weight excluding hydrogens is 307 g/mol. The zero-order valence-electron chi connectivity index (χ0n) is 11.3. The van der Waals surface area contributed by atoms with Crippen molar-refractivity contribution in [2.45, 2.75) is 12.3 Å². The minimum absolute atomic E-state index is 0.0686. The maximum atomic E-state index is 12.6. The average molecular weight is 321 g/mol. The van der Waals surface area contributed by atoms with Crippen molar-refractivity contribution in [2.75, 3.05) is 13.1 Å². The van der Waals surface area contributed by atoms with Crippen LogP contribution in [0.1, 0.15) is 28.4 Å². The van der Waals surface area contributed by atoms with Crippen molar-refractivity contribution in [3.05, 3.63) is 63.9 Å².